The van der Waals surface area contributed by atoms with Crippen molar-refractivity contribution in [2.45, 2.75) is 6.54 Å². The third-order valence-corrected chi connectivity index (χ3v) is 2.38. The number of phenols is 1. The Labute approximate surface area is 97.8 Å². The van der Waals surface area contributed by atoms with Crippen LogP contribution in [0.4, 0.5) is 0 Å². The van der Waals surface area contributed by atoms with Gasteiger partial charge < -0.3 is 9.67 Å². The van der Waals surface area contributed by atoms with Crippen LogP contribution in [0.5, 0.6) is 5.75 Å². The van der Waals surface area contributed by atoms with E-state index in [1.807, 2.05) is 0 Å². The van der Waals surface area contributed by atoms with Crippen LogP contribution < -0.4 is 5.56 Å². The first-order valence-corrected chi connectivity index (χ1v) is 5.14. The molecule has 0 aliphatic carbocycles. The SMILES string of the molecule is O=C(Cn1ccccc1=O)c1cccc(O)c1. The zero-order valence-electron chi connectivity index (χ0n) is 9.04. The van der Waals surface area contributed by atoms with E-state index in [4.69, 9.17) is 0 Å². The average molecular weight is 229 g/mol. The van der Waals surface area contributed by atoms with E-state index < -0.39 is 0 Å². The van der Waals surface area contributed by atoms with Crippen LogP contribution in [0.2, 0.25) is 0 Å². The standard InChI is InChI=1S/C13H11NO3/c15-11-5-3-4-10(8-11)12(16)9-14-7-2-1-6-13(14)17/h1-8,15H,9H2. The lowest BCUT2D eigenvalue weighted by Gasteiger charge is -2.04. The largest absolute Gasteiger partial charge is 0.508 e. The minimum Gasteiger partial charge on any atom is -0.508 e. The summed E-state index contributed by atoms with van der Waals surface area (Å²) in [6.45, 7) is -0.0247. The minimum atomic E-state index is -0.221. The highest BCUT2D eigenvalue weighted by molar-refractivity contribution is 5.96. The van der Waals surface area contributed by atoms with E-state index in [1.165, 1.54) is 22.8 Å². The first kappa shape index (κ1) is 11.1. The second kappa shape index (κ2) is 4.65. The van der Waals surface area contributed by atoms with Gasteiger partial charge in [-0.2, -0.15) is 0 Å². The van der Waals surface area contributed by atoms with Crippen molar-refractivity contribution >= 4 is 5.78 Å². The first-order valence-electron chi connectivity index (χ1n) is 5.14. The van der Waals surface area contributed by atoms with Crippen molar-refractivity contribution in [3.8, 4) is 5.75 Å². The van der Waals surface area contributed by atoms with E-state index >= 15 is 0 Å². The van der Waals surface area contributed by atoms with Gasteiger partial charge in [0.05, 0.1) is 6.54 Å². The monoisotopic (exact) mass is 229 g/mol. The molecule has 86 valence electrons. The molecule has 0 aliphatic rings. The summed E-state index contributed by atoms with van der Waals surface area (Å²) in [4.78, 5) is 23.3. The summed E-state index contributed by atoms with van der Waals surface area (Å²) in [5, 5.41) is 9.26. The van der Waals surface area contributed by atoms with Crippen molar-refractivity contribution in [1.29, 1.82) is 0 Å². The predicted octanol–water partition coefficient (Wildman–Crippen LogP) is 1.44. The molecule has 2 rings (SSSR count). The van der Waals surface area contributed by atoms with Crippen LogP contribution in [-0.2, 0) is 6.54 Å². The molecule has 0 aliphatic heterocycles. The van der Waals surface area contributed by atoms with E-state index in [0.29, 0.717) is 5.56 Å². The van der Waals surface area contributed by atoms with Gasteiger partial charge in [0.25, 0.3) is 5.56 Å². The third-order valence-electron chi connectivity index (χ3n) is 2.38. The van der Waals surface area contributed by atoms with Gasteiger partial charge >= 0.3 is 0 Å². The molecule has 4 heteroatoms. The Morgan fingerprint density at radius 3 is 2.71 bits per heavy atom. The third kappa shape index (κ3) is 2.60. The van der Waals surface area contributed by atoms with Gasteiger partial charge in [0, 0.05) is 17.8 Å². The van der Waals surface area contributed by atoms with Gasteiger partial charge in [-0.3, -0.25) is 9.59 Å². The molecule has 0 fully saturated rings. The summed E-state index contributed by atoms with van der Waals surface area (Å²) in [5.41, 5.74) is 0.168. The smallest absolute Gasteiger partial charge is 0.250 e. The van der Waals surface area contributed by atoms with Crippen LogP contribution in [0.15, 0.2) is 53.5 Å². The maximum Gasteiger partial charge on any atom is 0.250 e. The maximum atomic E-state index is 11.8. The quantitative estimate of drug-likeness (QED) is 0.810. The van der Waals surface area contributed by atoms with E-state index in [-0.39, 0.29) is 23.6 Å². The van der Waals surface area contributed by atoms with Gasteiger partial charge in [0.15, 0.2) is 5.78 Å². The predicted molar refractivity (Wildman–Crippen MR) is 63.1 cm³/mol. The highest BCUT2D eigenvalue weighted by Crippen LogP contribution is 2.11. The summed E-state index contributed by atoms with van der Waals surface area (Å²) in [5.74, 6) is -0.176. The van der Waals surface area contributed by atoms with Crippen LogP contribution in [0, 0.1) is 0 Å². The molecule has 1 heterocycles. The Hall–Kier alpha value is -2.36. The second-order valence-electron chi connectivity index (χ2n) is 3.64. The number of rotatable bonds is 3. The summed E-state index contributed by atoms with van der Waals surface area (Å²) >= 11 is 0. The fraction of sp³-hybridized carbons (Fsp3) is 0.0769. The maximum absolute atomic E-state index is 11.8. The lowest BCUT2D eigenvalue weighted by atomic mass is 10.1. The zero-order valence-corrected chi connectivity index (χ0v) is 9.04. The topological polar surface area (TPSA) is 59.3 Å². The first-order chi connectivity index (χ1) is 8.16. The van der Waals surface area contributed by atoms with Gasteiger partial charge in [0.2, 0.25) is 0 Å². The van der Waals surface area contributed by atoms with Crippen LogP contribution in [0.25, 0.3) is 0 Å². The number of nitrogens with zero attached hydrogens (tertiary/aromatic N) is 1. The van der Waals surface area contributed by atoms with E-state index in [0.717, 1.165) is 0 Å². The molecular weight excluding hydrogens is 218 g/mol. The number of carbonyl (C=O) groups is 1. The van der Waals surface area contributed by atoms with Crippen molar-refractivity contribution in [2.24, 2.45) is 0 Å². The Morgan fingerprint density at radius 1 is 1.18 bits per heavy atom. The van der Waals surface area contributed by atoms with Gasteiger partial charge in [-0.1, -0.05) is 18.2 Å². The molecule has 0 spiro atoms. The number of carbonyl (C=O) groups excluding carboxylic acids is 1. The fourth-order valence-corrected chi connectivity index (χ4v) is 1.52. The van der Waals surface area contributed by atoms with E-state index in [2.05, 4.69) is 0 Å². The molecule has 0 saturated heterocycles. The van der Waals surface area contributed by atoms with Crippen LogP contribution in [-0.4, -0.2) is 15.5 Å². The summed E-state index contributed by atoms with van der Waals surface area (Å²) in [6.07, 6.45) is 1.56. The van der Waals surface area contributed by atoms with Crippen LogP contribution in [0.1, 0.15) is 10.4 Å². The molecule has 1 aromatic heterocycles. The number of ketones is 1. The lowest BCUT2D eigenvalue weighted by molar-refractivity contribution is 0.0970. The second-order valence-corrected chi connectivity index (χ2v) is 3.64. The molecule has 0 radical (unpaired) electrons. The van der Waals surface area contributed by atoms with E-state index in [9.17, 15) is 14.7 Å². The molecule has 0 atom stereocenters. The average Bonchev–Trinajstić information content (AvgIpc) is 2.32. The molecule has 0 unspecified atom stereocenters. The Morgan fingerprint density at radius 2 is 2.00 bits per heavy atom. The number of hydrogen-bond acceptors (Lipinski definition) is 3. The van der Waals surface area contributed by atoms with Crippen molar-refractivity contribution < 1.29 is 9.90 Å². The molecule has 2 aromatic rings. The number of Topliss-reactive ketones (excluding diaryl/α,β-unsaturated/α-hetero) is 1. The number of aromatic nitrogens is 1. The molecule has 17 heavy (non-hydrogen) atoms. The number of phenolic OH excluding ortho intramolecular Hbond substituents is 1. The normalized spacial score (nSPS) is 10.1. The van der Waals surface area contributed by atoms with Gasteiger partial charge in [-0.15, -0.1) is 0 Å². The molecule has 1 aromatic carbocycles. The lowest BCUT2D eigenvalue weighted by Crippen LogP contribution is -2.22. The van der Waals surface area contributed by atoms with Gasteiger partial charge in [-0.05, 0) is 18.2 Å². The van der Waals surface area contributed by atoms with Crippen LogP contribution >= 0.6 is 0 Å². The highest BCUT2D eigenvalue weighted by Gasteiger charge is 2.07. The summed E-state index contributed by atoms with van der Waals surface area (Å²) in [7, 11) is 0. The van der Waals surface area contributed by atoms with Gasteiger partial charge in [0.1, 0.15) is 5.75 Å². The zero-order chi connectivity index (χ0) is 12.3. The molecular formula is C13H11NO3. The number of benzene rings is 1. The van der Waals surface area contributed by atoms with E-state index in [1.54, 1.807) is 30.5 Å². The van der Waals surface area contributed by atoms with Crippen molar-refractivity contribution in [2.75, 3.05) is 0 Å². The van der Waals surface area contributed by atoms with Crippen molar-refractivity contribution in [3.63, 3.8) is 0 Å². The van der Waals surface area contributed by atoms with Gasteiger partial charge in [-0.25, -0.2) is 0 Å². The molecule has 4 nitrogen and oxygen atoms in total. The Bertz CT molecular complexity index is 601. The number of aromatic hydroxyl groups is 1. The fourth-order valence-electron chi connectivity index (χ4n) is 1.52. The minimum absolute atomic E-state index is 0.0247. The number of pyridine rings is 1. The van der Waals surface area contributed by atoms with Crippen LogP contribution in [0.3, 0.4) is 0 Å². The van der Waals surface area contributed by atoms with Crippen molar-refractivity contribution in [1.82, 2.24) is 4.57 Å². The van der Waals surface area contributed by atoms with Crippen molar-refractivity contribution in [3.05, 3.63) is 64.6 Å². The summed E-state index contributed by atoms with van der Waals surface area (Å²) in [6, 6.07) is 10.8. The summed E-state index contributed by atoms with van der Waals surface area (Å²) < 4.78 is 1.33. The Balaban J connectivity index is 2.23. The number of hydrogen-bond donors (Lipinski definition) is 1. The Kier molecular flexibility index (Phi) is 3.05. The molecule has 1 N–H and O–H groups in total. The molecule has 0 saturated carbocycles. The molecule has 0 amide bonds. The molecule has 0 bridgehead atoms. The highest BCUT2D eigenvalue weighted by atomic mass is 16.3.